The first-order valence-electron chi connectivity index (χ1n) is 9.75. The highest BCUT2D eigenvalue weighted by Crippen LogP contribution is 2.23. The molecule has 0 unspecified atom stereocenters. The van der Waals surface area contributed by atoms with Gasteiger partial charge in [-0.2, -0.15) is 0 Å². The number of hydrogen-bond acceptors (Lipinski definition) is 3. The maximum Gasteiger partial charge on any atom is 0.254 e. The van der Waals surface area contributed by atoms with Crippen molar-refractivity contribution in [1.82, 2.24) is 4.90 Å². The van der Waals surface area contributed by atoms with Crippen molar-refractivity contribution in [2.24, 2.45) is 5.92 Å². The van der Waals surface area contributed by atoms with Gasteiger partial charge in [0.25, 0.3) is 5.91 Å². The third-order valence-corrected chi connectivity index (χ3v) is 4.34. The SMILES string of the molecule is CCCN(CC(=O)Nc1ccccc1OC)C(=O)c1ccc(CC(C)C)cc1. The van der Waals surface area contributed by atoms with Gasteiger partial charge in [0.1, 0.15) is 12.3 Å². The van der Waals surface area contributed by atoms with Crippen LogP contribution in [-0.4, -0.2) is 36.9 Å². The normalized spacial score (nSPS) is 10.6. The third-order valence-electron chi connectivity index (χ3n) is 4.34. The fraction of sp³-hybridized carbons (Fsp3) is 0.391. The summed E-state index contributed by atoms with van der Waals surface area (Å²) in [7, 11) is 1.56. The summed E-state index contributed by atoms with van der Waals surface area (Å²) in [6.45, 7) is 6.85. The maximum atomic E-state index is 12.9. The standard InChI is InChI=1S/C23H30N2O3/c1-5-14-25(16-22(26)24-20-8-6-7-9-21(20)28-4)23(27)19-12-10-18(11-13-19)15-17(2)3/h6-13,17H,5,14-16H2,1-4H3,(H,24,26). The second kappa shape index (κ2) is 10.5. The van der Waals surface area contributed by atoms with Crippen molar-refractivity contribution in [3.05, 3.63) is 59.7 Å². The Balaban J connectivity index is 2.07. The summed E-state index contributed by atoms with van der Waals surface area (Å²) in [5.74, 6) is 0.776. The van der Waals surface area contributed by atoms with Gasteiger partial charge < -0.3 is 15.0 Å². The lowest BCUT2D eigenvalue weighted by Gasteiger charge is -2.22. The monoisotopic (exact) mass is 382 g/mol. The molecule has 1 N–H and O–H groups in total. The Morgan fingerprint density at radius 3 is 2.36 bits per heavy atom. The molecule has 5 heteroatoms. The molecule has 0 atom stereocenters. The van der Waals surface area contributed by atoms with Crippen LogP contribution in [0.15, 0.2) is 48.5 Å². The van der Waals surface area contributed by atoms with Gasteiger partial charge in [-0.3, -0.25) is 9.59 Å². The van der Waals surface area contributed by atoms with Crippen LogP contribution in [0.3, 0.4) is 0 Å². The lowest BCUT2D eigenvalue weighted by molar-refractivity contribution is -0.116. The highest BCUT2D eigenvalue weighted by atomic mass is 16.5. The Morgan fingerprint density at radius 2 is 1.75 bits per heavy atom. The Hall–Kier alpha value is -2.82. The summed E-state index contributed by atoms with van der Waals surface area (Å²) in [5.41, 5.74) is 2.41. The van der Waals surface area contributed by atoms with Gasteiger partial charge in [-0.05, 0) is 48.6 Å². The molecule has 2 aromatic rings. The molecule has 0 aromatic heterocycles. The molecule has 2 rings (SSSR count). The molecule has 0 saturated carbocycles. The van der Waals surface area contributed by atoms with E-state index in [2.05, 4.69) is 19.2 Å². The minimum Gasteiger partial charge on any atom is -0.495 e. The second-order valence-corrected chi connectivity index (χ2v) is 7.27. The Kier molecular flexibility index (Phi) is 8.05. The molecule has 28 heavy (non-hydrogen) atoms. The molecule has 0 radical (unpaired) electrons. The van der Waals surface area contributed by atoms with E-state index in [1.807, 2.05) is 43.3 Å². The molecule has 0 bridgehead atoms. The van der Waals surface area contributed by atoms with Gasteiger partial charge in [0.2, 0.25) is 5.91 Å². The number of rotatable bonds is 9. The van der Waals surface area contributed by atoms with Crippen LogP contribution in [0.4, 0.5) is 5.69 Å². The van der Waals surface area contributed by atoms with Crippen LogP contribution in [-0.2, 0) is 11.2 Å². The van der Waals surface area contributed by atoms with Gasteiger partial charge in [-0.15, -0.1) is 0 Å². The first kappa shape index (κ1) is 21.5. The van der Waals surface area contributed by atoms with E-state index in [1.165, 1.54) is 5.56 Å². The first-order chi connectivity index (χ1) is 13.4. The van der Waals surface area contributed by atoms with E-state index in [9.17, 15) is 9.59 Å². The van der Waals surface area contributed by atoms with Crippen LogP contribution in [0.1, 0.15) is 43.1 Å². The lowest BCUT2D eigenvalue weighted by atomic mass is 10.0. The smallest absolute Gasteiger partial charge is 0.254 e. The molecule has 5 nitrogen and oxygen atoms in total. The van der Waals surface area contributed by atoms with E-state index in [0.29, 0.717) is 29.5 Å². The third kappa shape index (κ3) is 6.12. The number of methoxy groups -OCH3 is 1. The van der Waals surface area contributed by atoms with Crippen molar-refractivity contribution >= 4 is 17.5 Å². The minimum atomic E-state index is -0.247. The van der Waals surface area contributed by atoms with Crippen LogP contribution in [0.5, 0.6) is 5.75 Å². The van der Waals surface area contributed by atoms with E-state index in [4.69, 9.17) is 4.74 Å². The second-order valence-electron chi connectivity index (χ2n) is 7.27. The highest BCUT2D eigenvalue weighted by Gasteiger charge is 2.19. The van der Waals surface area contributed by atoms with Crippen molar-refractivity contribution in [2.45, 2.75) is 33.6 Å². The molecule has 0 spiro atoms. The molecule has 2 aromatic carbocycles. The zero-order valence-corrected chi connectivity index (χ0v) is 17.2. The lowest BCUT2D eigenvalue weighted by Crippen LogP contribution is -2.38. The van der Waals surface area contributed by atoms with Crippen LogP contribution in [0.2, 0.25) is 0 Å². The van der Waals surface area contributed by atoms with E-state index < -0.39 is 0 Å². The number of benzene rings is 2. The number of carbonyl (C=O) groups is 2. The molecule has 0 saturated heterocycles. The number of nitrogens with zero attached hydrogens (tertiary/aromatic N) is 1. The summed E-state index contributed by atoms with van der Waals surface area (Å²) < 4.78 is 5.26. The molecule has 0 aliphatic carbocycles. The zero-order chi connectivity index (χ0) is 20.5. The van der Waals surface area contributed by atoms with Crippen molar-refractivity contribution in [2.75, 3.05) is 25.5 Å². The van der Waals surface area contributed by atoms with Gasteiger partial charge in [-0.1, -0.05) is 45.0 Å². The van der Waals surface area contributed by atoms with Crippen LogP contribution in [0.25, 0.3) is 0 Å². The number of ether oxygens (including phenoxy) is 1. The van der Waals surface area contributed by atoms with Crippen LogP contribution < -0.4 is 10.1 Å². The van der Waals surface area contributed by atoms with E-state index in [-0.39, 0.29) is 18.4 Å². The minimum absolute atomic E-state index is 0.00152. The van der Waals surface area contributed by atoms with Crippen LogP contribution in [0, 0.1) is 5.92 Å². The van der Waals surface area contributed by atoms with Gasteiger partial charge in [0, 0.05) is 12.1 Å². The predicted octanol–water partition coefficient (Wildman–Crippen LogP) is 4.38. The quantitative estimate of drug-likeness (QED) is 0.700. The van der Waals surface area contributed by atoms with Crippen molar-refractivity contribution in [3.8, 4) is 5.75 Å². The Labute approximate surface area is 167 Å². The largest absolute Gasteiger partial charge is 0.495 e. The van der Waals surface area contributed by atoms with Crippen molar-refractivity contribution < 1.29 is 14.3 Å². The van der Waals surface area contributed by atoms with E-state index in [0.717, 1.165) is 12.8 Å². The van der Waals surface area contributed by atoms with Crippen molar-refractivity contribution in [3.63, 3.8) is 0 Å². The van der Waals surface area contributed by atoms with Gasteiger partial charge >= 0.3 is 0 Å². The van der Waals surface area contributed by atoms with Gasteiger partial charge in [0.15, 0.2) is 0 Å². The van der Waals surface area contributed by atoms with Gasteiger partial charge in [0.05, 0.1) is 12.8 Å². The zero-order valence-electron chi connectivity index (χ0n) is 17.2. The summed E-state index contributed by atoms with van der Waals surface area (Å²) in [6.07, 6.45) is 1.76. The number of carbonyl (C=O) groups excluding carboxylic acids is 2. The molecule has 2 amide bonds. The average Bonchev–Trinajstić information content (AvgIpc) is 2.67. The molecule has 150 valence electrons. The average molecular weight is 383 g/mol. The molecule has 0 heterocycles. The molecular weight excluding hydrogens is 352 g/mol. The first-order valence-corrected chi connectivity index (χ1v) is 9.75. The number of anilines is 1. The van der Waals surface area contributed by atoms with Crippen molar-refractivity contribution in [1.29, 1.82) is 0 Å². The summed E-state index contributed by atoms with van der Waals surface area (Å²) in [4.78, 5) is 27.0. The number of nitrogens with one attached hydrogen (secondary N) is 1. The van der Waals surface area contributed by atoms with Crippen LogP contribution >= 0.6 is 0 Å². The molecule has 0 aliphatic rings. The number of amides is 2. The molecular formula is C23H30N2O3. The predicted molar refractivity (Wildman–Crippen MR) is 113 cm³/mol. The fourth-order valence-electron chi connectivity index (χ4n) is 3.07. The fourth-order valence-corrected chi connectivity index (χ4v) is 3.07. The highest BCUT2D eigenvalue weighted by molar-refractivity contribution is 5.99. The van der Waals surface area contributed by atoms with Gasteiger partial charge in [-0.25, -0.2) is 0 Å². The topological polar surface area (TPSA) is 58.6 Å². The molecule has 0 fully saturated rings. The Bertz CT molecular complexity index is 785. The van der Waals surface area contributed by atoms with E-state index in [1.54, 1.807) is 24.1 Å². The summed E-state index contributed by atoms with van der Waals surface area (Å²) >= 11 is 0. The maximum absolute atomic E-state index is 12.9. The summed E-state index contributed by atoms with van der Waals surface area (Å²) in [5, 5.41) is 2.83. The van der Waals surface area contributed by atoms with E-state index >= 15 is 0 Å². The molecule has 0 aliphatic heterocycles. The Morgan fingerprint density at radius 1 is 1.07 bits per heavy atom. The number of hydrogen-bond donors (Lipinski definition) is 1. The number of para-hydroxylation sites is 2. The summed E-state index contributed by atoms with van der Waals surface area (Å²) in [6, 6.07) is 14.9.